The van der Waals surface area contributed by atoms with E-state index in [2.05, 4.69) is 34.8 Å². The molecule has 0 spiro atoms. The Morgan fingerprint density at radius 3 is 2.85 bits per heavy atom. The summed E-state index contributed by atoms with van der Waals surface area (Å²) in [7, 11) is 0. The van der Waals surface area contributed by atoms with Crippen molar-refractivity contribution in [1.82, 2.24) is 4.98 Å². The van der Waals surface area contributed by atoms with E-state index in [1.165, 1.54) is 11.3 Å². The summed E-state index contributed by atoms with van der Waals surface area (Å²) in [6.07, 6.45) is 1.56. The third-order valence-electron chi connectivity index (χ3n) is 2.21. The molecule has 0 saturated heterocycles. The summed E-state index contributed by atoms with van der Waals surface area (Å²) in [6, 6.07) is 0. The standard InChI is InChI=1S/C9H10BrNOS/c1-9(2)3-5-7(6(12)4-9)13-8(10)11-5/h3-4H2,1-2H3. The van der Waals surface area contributed by atoms with Gasteiger partial charge in [-0.2, -0.15) is 0 Å². The lowest BCUT2D eigenvalue weighted by molar-refractivity contribution is 0.0916. The number of ketones is 1. The molecule has 0 fully saturated rings. The van der Waals surface area contributed by atoms with Gasteiger partial charge in [-0.15, -0.1) is 11.3 Å². The number of Topliss-reactive ketones (excluding diaryl/α,β-unsaturated/α-hetero) is 1. The molecule has 2 rings (SSSR count). The van der Waals surface area contributed by atoms with Gasteiger partial charge >= 0.3 is 0 Å². The summed E-state index contributed by atoms with van der Waals surface area (Å²) in [6.45, 7) is 4.22. The second kappa shape index (κ2) is 2.89. The highest BCUT2D eigenvalue weighted by molar-refractivity contribution is 9.11. The van der Waals surface area contributed by atoms with E-state index >= 15 is 0 Å². The van der Waals surface area contributed by atoms with Crippen molar-refractivity contribution in [2.24, 2.45) is 5.41 Å². The lowest BCUT2D eigenvalue weighted by Crippen LogP contribution is -2.25. The average molecular weight is 260 g/mol. The summed E-state index contributed by atoms with van der Waals surface area (Å²) in [5.74, 6) is 0.245. The Labute approximate surface area is 89.5 Å². The molecule has 0 bridgehead atoms. The van der Waals surface area contributed by atoms with E-state index in [9.17, 15) is 4.79 Å². The largest absolute Gasteiger partial charge is 0.293 e. The van der Waals surface area contributed by atoms with Crippen LogP contribution in [0.25, 0.3) is 0 Å². The number of hydrogen-bond donors (Lipinski definition) is 0. The highest BCUT2D eigenvalue weighted by atomic mass is 79.9. The molecule has 1 aromatic heterocycles. The van der Waals surface area contributed by atoms with Gasteiger partial charge in [-0.25, -0.2) is 4.98 Å². The molecule has 1 aromatic rings. The number of hydrogen-bond acceptors (Lipinski definition) is 3. The van der Waals surface area contributed by atoms with E-state index in [0.717, 1.165) is 20.9 Å². The second-order valence-corrected chi connectivity index (χ2v) is 6.46. The van der Waals surface area contributed by atoms with E-state index < -0.39 is 0 Å². The SMILES string of the molecule is CC1(C)CC(=O)c2sc(Br)nc2C1. The maximum atomic E-state index is 11.7. The van der Waals surface area contributed by atoms with Crippen LogP contribution in [0.5, 0.6) is 0 Å². The minimum Gasteiger partial charge on any atom is -0.293 e. The van der Waals surface area contributed by atoms with Crippen molar-refractivity contribution in [1.29, 1.82) is 0 Å². The zero-order chi connectivity index (χ0) is 9.64. The summed E-state index contributed by atoms with van der Waals surface area (Å²) in [4.78, 5) is 16.8. The van der Waals surface area contributed by atoms with Crippen LogP contribution in [0, 0.1) is 5.41 Å². The Hall–Kier alpha value is -0.220. The highest BCUT2D eigenvalue weighted by Crippen LogP contribution is 2.37. The zero-order valence-electron chi connectivity index (χ0n) is 7.56. The predicted molar refractivity (Wildman–Crippen MR) is 56.2 cm³/mol. The van der Waals surface area contributed by atoms with Crippen LogP contribution in [0.15, 0.2) is 3.92 Å². The van der Waals surface area contributed by atoms with Crippen LogP contribution in [-0.2, 0) is 6.42 Å². The molecular formula is C9H10BrNOS. The molecule has 70 valence electrons. The molecular weight excluding hydrogens is 250 g/mol. The van der Waals surface area contributed by atoms with Crippen LogP contribution < -0.4 is 0 Å². The molecule has 2 nitrogen and oxygen atoms in total. The summed E-state index contributed by atoms with van der Waals surface area (Å²) in [5, 5.41) is 0. The monoisotopic (exact) mass is 259 g/mol. The summed E-state index contributed by atoms with van der Waals surface area (Å²) < 4.78 is 0.823. The molecule has 0 atom stereocenters. The first kappa shape index (κ1) is 9.34. The fourth-order valence-electron chi connectivity index (χ4n) is 1.69. The fraction of sp³-hybridized carbons (Fsp3) is 0.556. The number of fused-ring (bicyclic) bond motifs is 1. The molecule has 1 aliphatic rings. The van der Waals surface area contributed by atoms with E-state index in [0.29, 0.717) is 6.42 Å². The fourth-order valence-corrected chi connectivity index (χ4v) is 3.14. The van der Waals surface area contributed by atoms with Crippen LogP contribution in [0.1, 0.15) is 35.6 Å². The minimum atomic E-state index is 0.0809. The van der Waals surface area contributed by atoms with Gasteiger partial charge < -0.3 is 0 Å². The van der Waals surface area contributed by atoms with Gasteiger partial charge in [0, 0.05) is 6.42 Å². The Morgan fingerprint density at radius 2 is 2.15 bits per heavy atom. The first-order valence-corrected chi connectivity index (χ1v) is 5.77. The average Bonchev–Trinajstić information content (AvgIpc) is 2.27. The molecule has 0 saturated carbocycles. The van der Waals surface area contributed by atoms with Gasteiger partial charge in [0.15, 0.2) is 9.70 Å². The molecule has 1 heterocycles. The van der Waals surface area contributed by atoms with Crippen molar-refractivity contribution >= 4 is 33.0 Å². The van der Waals surface area contributed by atoms with Crippen LogP contribution in [0.3, 0.4) is 0 Å². The van der Waals surface area contributed by atoms with E-state index in [-0.39, 0.29) is 11.2 Å². The molecule has 0 N–H and O–H groups in total. The number of thiazole rings is 1. The number of nitrogens with zero attached hydrogens (tertiary/aromatic N) is 1. The number of halogens is 1. The molecule has 13 heavy (non-hydrogen) atoms. The van der Waals surface area contributed by atoms with Gasteiger partial charge in [0.1, 0.15) is 0 Å². The van der Waals surface area contributed by atoms with Gasteiger partial charge in [-0.3, -0.25) is 4.79 Å². The predicted octanol–water partition coefficient (Wildman–Crippen LogP) is 3.06. The maximum Gasteiger partial charge on any atom is 0.175 e. The molecule has 4 heteroatoms. The zero-order valence-corrected chi connectivity index (χ0v) is 9.96. The number of carbonyl (C=O) groups is 1. The third-order valence-corrected chi connectivity index (χ3v) is 3.80. The van der Waals surface area contributed by atoms with E-state index in [4.69, 9.17) is 0 Å². The third kappa shape index (κ3) is 1.70. The van der Waals surface area contributed by atoms with Gasteiger partial charge in [-0.1, -0.05) is 13.8 Å². The number of carbonyl (C=O) groups excluding carboxylic acids is 1. The lowest BCUT2D eigenvalue weighted by atomic mass is 9.78. The lowest BCUT2D eigenvalue weighted by Gasteiger charge is -2.26. The second-order valence-electron chi connectivity index (χ2n) is 4.18. The van der Waals surface area contributed by atoms with Crippen molar-refractivity contribution in [3.8, 4) is 0 Å². The normalized spacial score (nSPS) is 20.1. The van der Waals surface area contributed by atoms with E-state index in [1.807, 2.05) is 0 Å². The minimum absolute atomic E-state index is 0.0809. The van der Waals surface area contributed by atoms with Gasteiger partial charge in [0.25, 0.3) is 0 Å². The molecule has 1 aliphatic carbocycles. The van der Waals surface area contributed by atoms with Crippen LogP contribution in [0.4, 0.5) is 0 Å². The first-order valence-electron chi connectivity index (χ1n) is 4.16. The Morgan fingerprint density at radius 1 is 1.46 bits per heavy atom. The first-order chi connectivity index (χ1) is 5.98. The quantitative estimate of drug-likeness (QED) is 0.717. The molecule has 0 unspecified atom stereocenters. The van der Waals surface area contributed by atoms with Gasteiger partial charge in [-0.05, 0) is 27.8 Å². The van der Waals surface area contributed by atoms with Crippen molar-refractivity contribution in [2.45, 2.75) is 26.7 Å². The van der Waals surface area contributed by atoms with Gasteiger partial charge in [0.05, 0.1) is 10.6 Å². The van der Waals surface area contributed by atoms with Crippen molar-refractivity contribution in [3.05, 3.63) is 14.5 Å². The Balaban J connectivity index is 2.48. The molecule has 0 amide bonds. The smallest absolute Gasteiger partial charge is 0.175 e. The van der Waals surface area contributed by atoms with Crippen LogP contribution in [-0.4, -0.2) is 10.8 Å². The van der Waals surface area contributed by atoms with Crippen LogP contribution >= 0.6 is 27.3 Å². The van der Waals surface area contributed by atoms with E-state index in [1.54, 1.807) is 0 Å². The molecule has 0 aromatic carbocycles. The van der Waals surface area contributed by atoms with Gasteiger partial charge in [0.2, 0.25) is 0 Å². The van der Waals surface area contributed by atoms with Crippen molar-refractivity contribution in [2.75, 3.05) is 0 Å². The topological polar surface area (TPSA) is 30.0 Å². The Kier molecular flexibility index (Phi) is 2.07. The van der Waals surface area contributed by atoms with Crippen LogP contribution in [0.2, 0.25) is 0 Å². The highest BCUT2D eigenvalue weighted by Gasteiger charge is 2.33. The summed E-state index contributed by atoms with van der Waals surface area (Å²) >= 11 is 4.77. The summed E-state index contributed by atoms with van der Waals surface area (Å²) in [5.41, 5.74) is 1.05. The molecule has 0 radical (unpaired) electrons. The maximum absolute atomic E-state index is 11.7. The number of rotatable bonds is 0. The molecule has 0 aliphatic heterocycles. The van der Waals surface area contributed by atoms with Crippen molar-refractivity contribution < 1.29 is 4.79 Å². The Bertz CT molecular complexity index is 370. The van der Waals surface area contributed by atoms with Crippen molar-refractivity contribution in [3.63, 3.8) is 0 Å². The number of aromatic nitrogens is 1.